The van der Waals surface area contributed by atoms with Crippen molar-refractivity contribution in [1.82, 2.24) is 0 Å². The van der Waals surface area contributed by atoms with E-state index in [2.05, 4.69) is 5.32 Å². The number of benzene rings is 1. The molecule has 1 amide bonds. The van der Waals surface area contributed by atoms with Crippen molar-refractivity contribution >= 4 is 17.4 Å². The summed E-state index contributed by atoms with van der Waals surface area (Å²) in [6, 6.07) is 2.48. The van der Waals surface area contributed by atoms with Gasteiger partial charge in [0.1, 0.15) is 17.3 Å². The Morgan fingerprint density at radius 2 is 1.81 bits per heavy atom. The van der Waals surface area contributed by atoms with Gasteiger partial charge in [0.25, 0.3) is 0 Å². The van der Waals surface area contributed by atoms with Crippen molar-refractivity contribution in [3.8, 4) is 11.5 Å². The van der Waals surface area contributed by atoms with E-state index in [-0.39, 0.29) is 35.3 Å². The zero-order valence-electron chi connectivity index (χ0n) is 9.07. The number of hydrogen-bond acceptors (Lipinski definition) is 4. The van der Waals surface area contributed by atoms with Crippen LogP contribution in [0.3, 0.4) is 0 Å². The second kappa shape index (κ2) is 4.65. The molecule has 0 saturated heterocycles. The first-order valence-electron chi connectivity index (χ1n) is 4.72. The molecule has 0 heterocycles. The second-order valence-electron chi connectivity index (χ2n) is 3.56. The molecule has 0 fully saturated rings. The number of ketones is 1. The Morgan fingerprint density at radius 1 is 1.19 bits per heavy atom. The first-order chi connectivity index (χ1) is 7.40. The fraction of sp³-hybridized carbons (Fsp3) is 0.273. The van der Waals surface area contributed by atoms with Crippen molar-refractivity contribution in [2.45, 2.75) is 20.3 Å². The number of anilines is 1. The number of nitrogens with one attached hydrogen (secondary N) is 1. The van der Waals surface area contributed by atoms with E-state index in [1.54, 1.807) is 0 Å². The number of phenols is 2. The van der Waals surface area contributed by atoms with Gasteiger partial charge in [0.05, 0.1) is 5.69 Å². The highest BCUT2D eigenvalue weighted by Crippen LogP contribution is 2.31. The normalized spacial score (nSPS) is 9.88. The molecule has 0 aliphatic heterocycles. The molecule has 0 radical (unpaired) electrons. The van der Waals surface area contributed by atoms with Crippen molar-refractivity contribution in [1.29, 1.82) is 0 Å². The summed E-state index contributed by atoms with van der Waals surface area (Å²) in [7, 11) is 0. The Morgan fingerprint density at radius 3 is 2.31 bits per heavy atom. The lowest BCUT2D eigenvalue weighted by Crippen LogP contribution is -2.06. The average Bonchev–Trinajstić information content (AvgIpc) is 2.11. The molecule has 0 aliphatic rings. The first kappa shape index (κ1) is 12.0. The van der Waals surface area contributed by atoms with E-state index in [0.717, 1.165) is 0 Å². The van der Waals surface area contributed by atoms with Crippen LogP contribution in [0, 0.1) is 0 Å². The SMILES string of the molecule is CC(=O)Cc1cc(O)c(NC(C)=O)cc1O. The Hall–Kier alpha value is -2.04. The molecule has 0 saturated carbocycles. The molecule has 0 atom stereocenters. The van der Waals surface area contributed by atoms with Crippen LogP contribution < -0.4 is 5.32 Å². The van der Waals surface area contributed by atoms with E-state index in [4.69, 9.17) is 0 Å². The number of carbonyl (C=O) groups is 2. The molecule has 1 rings (SSSR count). The first-order valence-corrected chi connectivity index (χ1v) is 4.72. The van der Waals surface area contributed by atoms with E-state index >= 15 is 0 Å². The standard InChI is InChI=1S/C11H13NO4/c1-6(13)3-8-4-11(16)9(5-10(8)15)12-7(2)14/h4-5,15-16H,3H2,1-2H3,(H,12,14). The summed E-state index contributed by atoms with van der Waals surface area (Å²) in [4.78, 5) is 21.7. The lowest BCUT2D eigenvalue weighted by Gasteiger charge is -2.09. The molecule has 0 aliphatic carbocycles. The minimum Gasteiger partial charge on any atom is -0.508 e. The number of phenolic OH excluding ortho intramolecular Hbond substituents is 2. The zero-order chi connectivity index (χ0) is 12.3. The Balaban J connectivity index is 3.06. The fourth-order valence-corrected chi connectivity index (χ4v) is 1.32. The van der Waals surface area contributed by atoms with Crippen LogP contribution >= 0.6 is 0 Å². The zero-order valence-corrected chi connectivity index (χ0v) is 9.07. The molecule has 1 aromatic carbocycles. The summed E-state index contributed by atoms with van der Waals surface area (Å²) in [5, 5.41) is 21.5. The molecule has 1 aromatic rings. The summed E-state index contributed by atoms with van der Waals surface area (Å²) >= 11 is 0. The molecular weight excluding hydrogens is 210 g/mol. The Kier molecular flexibility index (Phi) is 3.50. The van der Waals surface area contributed by atoms with Gasteiger partial charge in [-0.3, -0.25) is 9.59 Å². The third-order valence-electron chi connectivity index (χ3n) is 1.95. The van der Waals surface area contributed by atoms with Crippen molar-refractivity contribution in [3.63, 3.8) is 0 Å². The predicted octanol–water partition coefficient (Wildman–Crippen LogP) is 1.19. The number of hydrogen-bond donors (Lipinski definition) is 3. The van der Waals surface area contributed by atoms with E-state index < -0.39 is 0 Å². The van der Waals surface area contributed by atoms with Gasteiger partial charge in [-0.2, -0.15) is 0 Å². The van der Waals surface area contributed by atoms with E-state index in [9.17, 15) is 19.8 Å². The summed E-state index contributed by atoms with van der Waals surface area (Å²) in [5.41, 5.74) is 0.455. The van der Waals surface area contributed by atoms with E-state index in [1.165, 1.54) is 26.0 Å². The van der Waals surface area contributed by atoms with Gasteiger partial charge in [-0.25, -0.2) is 0 Å². The number of aromatic hydroxyl groups is 2. The van der Waals surface area contributed by atoms with Gasteiger partial charge >= 0.3 is 0 Å². The topological polar surface area (TPSA) is 86.6 Å². The predicted molar refractivity (Wildman–Crippen MR) is 58.5 cm³/mol. The van der Waals surface area contributed by atoms with Crippen LogP contribution in [-0.4, -0.2) is 21.9 Å². The van der Waals surface area contributed by atoms with Gasteiger partial charge in [0, 0.05) is 25.0 Å². The molecule has 3 N–H and O–H groups in total. The number of Topliss-reactive ketones (excluding diaryl/α,β-unsaturated/α-hetero) is 1. The van der Waals surface area contributed by atoms with Gasteiger partial charge < -0.3 is 15.5 Å². The van der Waals surface area contributed by atoms with E-state index in [0.29, 0.717) is 5.56 Å². The molecule has 0 bridgehead atoms. The molecule has 16 heavy (non-hydrogen) atoms. The lowest BCUT2D eigenvalue weighted by molar-refractivity contribution is -0.116. The van der Waals surface area contributed by atoms with Crippen molar-refractivity contribution in [3.05, 3.63) is 17.7 Å². The maximum Gasteiger partial charge on any atom is 0.221 e. The minimum absolute atomic E-state index is 0.0414. The Labute approximate surface area is 92.7 Å². The van der Waals surface area contributed by atoms with Crippen LogP contribution in [-0.2, 0) is 16.0 Å². The van der Waals surface area contributed by atoms with Crippen molar-refractivity contribution < 1.29 is 19.8 Å². The van der Waals surface area contributed by atoms with Crippen molar-refractivity contribution in [2.24, 2.45) is 0 Å². The van der Waals surface area contributed by atoms with Gasteiger partial charge in [-0.15, -0.1) is 0 Å². The maximum absolute atomic E-state index is 10.9. The summed E-state index contributed by atoms with van der Waals surface area (Å²) in [6.07, 6.45) is 0.0414. The van der Waals surface area contributed by atoms with Gasteiger partial charge in [0.15, 0.2) is 0 Å². The van der Waals surface area contributed by atoms with Crippen LogP contribution in [0.25, 0.3) is 0 Å². The summed E-state index contributed by atoms with van der Waals surface area (Å²) < 4.78 is 0. The highest BCUT2D eigenvalue weighted by atomic mass is 16.3. The second-order valence-corrected chi connectivity index (χ2v) is 3.56. The Bertz CT molecular complexity index is 398. The quantitative estimate of drug-likeness (QED) is 0.530. The summed E-state index contributed by atoms with van der Waals surface area (Å²) in [6.45, 7) is 2.68. The smallest absolute Gasteiger partial charge is 0.221 e. The van der Waals surface area contributed by atoms with Crippen LogP contribution in [0.15, 0.2) is 12.1 Å². The molecular formula is C11H13NO4. The lowest BCUT2D eigenvalue weighted by atomic mass is 10.1. The monoisotopic (exact) mass is 223 g/mol. The van der Waals surface area contributed by atoms with Crippen LogP contribution in [0.5, 0.6) is 11.5 Å². The molecule has 86 valence electrons. The minimum atomic E-state index is -0.353. The number of rotatable bonds is 3. The average molecular weight is 223 g/mol. The van der Waals surface area contributed by atoms with Gasteiger partial charge in [-0.1, -0.05) is 0 Å². The van der Waals surface area contributed by atoms with Crippen LogP contribution in [0.4, 0.5) is 5.69 Å². The molecule has 0 spiro atoms. The van der Waals surface area contributed by atoms with E-state index in [1.807, 2.05) is 0 Å². The van der Waals surface area contributed by atoms with Gasteiger partial charge in [-0.05, 0) is 13.0 Å². The molecule has 0 aromatic heterocycles. The van der Waals surface area contributed by atoms with Gasteiger partial charge in [0.2, 0.25) is 5.91 Å². The molecule has 5 heteroatoms. The number of carbonyl (C=O) groups excluding carboxylic acids is 2. The van der Waals surface area contributed by atoms with Crippen LogP contribution in [0.1, 0.15) is 19.4 Å². The maximum atomic E-state index is 10.9. The van der Waals surface area contributed by atoms with Crippen molar-refractivity contribution in [2.75, 3.05) is 5.32 Å². The number of amides is 1. The highest BCUT2D eigenvalue weighted by molar-refractivity contribution is 5.91. The summed E-state index contributed by atoms with van der Waals surface area (Å²) in [5.74, 6) is -0.781. The van der Waals surface area contributed by atoms with Crippen LogP contribution in [0.2, 0.25) is 0 Å². The molecule has 0 unspecified atom stereocenters. The highest BCUT2D eigenvalue weighted by Gasteiger charge is 2.10. The third-order valence-corrected chi connectivity index (χ3v) is 1.95. The molecule has 5 nitrogen and oxygen atoms in total. The largest absolute Gasteiger partial charge is 0.508 e. The third kappa shape index (κ3) is 2.98. The fourth-order valence-electron chi connectivity index (χ4n) is 1.32.